The summed E-state index contributed by atoms with van der Waals surface area (Å²) < 4.78 is 10.7. The molecule has 1 atom stereocenters. The minimum atomic E-state index is -0.659. The van der Waals surface area contributed by atoms with Crippen LogP contribution in [0.1, 0.15) is 19.4 Å². The van der Waals surface area contributed by atoms with E-state index in [0.717, 1.165) is 16.7 Å². The minimum absolute atomic E-state index is 0.227. The molecule has 0 aliphatic heterocycles. The van der Waals surface area contributed by atoms with E-state index in [1.807, 2.05) is 37.3 Å². The van der Waals surface area contributed by atoms with Crippen molar-refractivity contribution in [2.45, 2.75) is 26.9 Å². The maximum Gasteiger partial charge on any atom is 0.347 e. The Hall–Kier alpha value is -2.49. The molecular formula is C18H20O4. The number of benzene rings is 2. The van der Waals surface area contributed by atoms with Crippen molar-refractivity contribution >= 4 is 5.97 Å². The molecule has 116 valence electrons. The number of hydrogen-bond donors (Lipinski definition) is 1. The molecule has 0 aliphatic carbocycles. The van der Waals surface area contributed by atoms with Crippen molar-refractivity contribution in [3.05, 3.63) is 48.0 Å². The van der Waals surface area contributed by atoms with Crippen molar-refractivity contribution in [2.75, 3.05) is 6.61 Å². The van der Waals surface area contributed by atoms with Crippen LogP contribution < -0.4 is 4.74 Å². The summed E-state index contributed by atoms with van der Waals surface area (Å²) >= 11 is 0. The molecule has 4 nitrogen and oxygen atoms in total. The number of phenolic OH excluding ortho intramolecular Hbond substituents is 1. The molecule has 1 N–H and O–H groups in total. The lowest BCUT2D eigenvalue weighted by atomic mass is 10.00. The van der Waals surface area contributed by atoms with E-state index in [1.165, 1.54) is 0 Å². The molecule has 2 rings (SSSR count). The van der Waals surface area contributed by atoms with E-state index in [4.69, 9.17) is 9.47 Å². The van der Waals surface area contributed by atoms with Gasteiger partial charge in [-0.2, -0.15) is 0 Å². The molecule has 0 fully saturated rings. The monoisotopic (exact) mass is 300 g/mol. The van der Waals surface area contributed by atoms with Crippen LogP contribution in [0.3, 0.4) is 0 Å². The van der Waals surface area contributed by atoms with E-state index in [-0.39, 0.29) is 11.7 Å². The van der Waals surface area contributed by atoms with E-state index in [1.54, 1.807) is 26.0 Å². The molecule has 22 heavy (non-hydrogen) atoms. The lowest BCUT2D eigenvalue weighted by molar-refractivity contribution is -0.150. The molecule has 0 aliphatic rings. The average molecular weight is 300 g/mol. The summed E-state index contributed by atoms with van der Waals surface area (Å²) in [6.45, 7) is 5.71. The van der Waals surface area contributed by atoms with Gasteiger partial charge in [0.05, 0.1) is 6.61 Å². The van der Waals surface area contributed by atoms with Gasteiger partial charge in [0, 0.05) is 0 Å². The Bertz CT molecular complexity index is 647. The van der Waals surface area contributed by atoms with E-state index in [2.05, 4.69) is 0 Å². The van der Waals surface area contributed by atoms with Crippen LogP contribution in [0.2, 0.25) is 0 Å². The van der Waals surface area contributed by atoms with E-state index >= 15 is 0 Å². The Morgan fingerprint density at radius 1 is 1.18 bits per heavy atom. The van der Waals surface area contributed by atoms with Crippen molar-refractivity contribution in [3.63, 3.8) is 0 Å². The third-order valence-electron chi connectivity index (χ3n) is 3.38. The summed E-state index contributed by atoms with van der Waals surface area (Å²) in [4.78, 5) is 11.7. The highest BCUT2D eigenvalue weighted by Gasteiger charge is 2.17. The van der Waals surface area contributed by atoms with Gasteiger partial charge in [0.25, 0.3) is 0 Å². The molecule has 2 aromatic carbocycles. The molecule has 0 radical (unpaired) electrons. The van der Waals surface area contributed by atoms with Crippen LogP contribution in [0.25, 0.3) is 11.1 Å². The smallest absolute Gasteiger partial charge is 0.347 e. The van der Waals surface area contributed by atoms with E-state index in [0.29, 0.717) is 12.4 Å². The van der Waals surface area contributed by atoms with Gasteiger partial charge in [-0.1, -0.05) is 24.3 Å². The zero-order chi connectivity index (χ0) is 16.1. The maximum absolute atomic E-state index is 11.7. The number of carbonyl (C=O) groups excluding carboxylic acids is 1. The zero-order valence-electron chi connectivity index (χ0n) is 13.0. The van der Waals surface area contributed by atoms with Gasteiger partial charge in [0.1, 0.15) is 11.5 Å². The fourth-order valence-corrected chi connectivity index (χ4v) is 2.19. The quantitative estimate of drug-likeness (QED) is 0.855. The number of rotatable bonds is 5. The SMILES string of the molecule is CCOC(=O)C(C)Oc1cccc(-c2ccc(O)cc2)c1C. The number of phenols is 1. The molecule has 0 heterocycles. The average Bonchev–Trinajstić information content (AvgIpc) is 2.50. The van der Waals surface area contributed by atoms with Gasteiger partial charge >= 0.3 is 5.97 Å². The molecule has 0 saturated heterocycles. The van der Waals surface area contributed by atoms with Gasteiger partial charge in [0.2, 0.25) is 0 Å². The summed E-state index contributed by atoms with van der Waals surface area (Å²) in [7, 11) is 0. The maximum atomic E-state index is 11.7. The molecular weight excluding hydrogens is 280 g/mol. The third kappa shape index (κ3) is 3.58. The third-order valence-corrected chi connectivity index (χ3v) is 3.38. The van der Waals surface area contributed by atoms with Gasteiger partial charge < -0.3 is 14.6 Å². The summed E-state index contributed by atoms with van der Waals surface area (Å²) in [6.07, 6.45) is -0.659. The highest BCUT2D eigenvalue weighted by molar-refractivity contribution is 5.75. The van der Waals surface area contributed by atoms with Crippen LogP contribution >= 0.6 is 0 Å². The lowest BCUT2D eigenvalue weighted by Crippen LogP contribution is -2.26. The van der Waals surface area contributed by atoms with Gasteiger partial charge in [-0.15, -0.1) is 0 Å². The first-order valence-corrected chi connectivity index (χ1v) is 7.25. The Labute approximate surface area is 130 Å². The fourth-order valence-electron chi connectivity index (χ4n) is 2.19. The van der Waals surface area contributed by atoms with Crippen molar-refractivity contribution < 1.29 is 19.4 Å². The van der Waals surface area contributed by atoms with Crippen molar-refractivity contribution in [2.24, 2.45) is 0 Å². The van der Waals surface area contributed by atoms with E-state index in [9.17, 15) is 9.90 Å². The first kappa shape index (κ1) is 15.9. The summed E-state index contributed by atoms with van der Waals surface area (Å²) in [5.74, 6) is 0.493. The zero-order valence-corrected chi connectivity index (χ0v) is 13.0. The Kier molecular flexibility index (Phi) is 5.04. The van der Waals surface area contributed by atoms with Gasteiger partial charge in [-0.05, 0) is 55.7 Å². The molecule has 0 saturated carbocycles. The number of hydrogen-bond acceptors (Lipinski definition) is 4. The largest absolute Gasteiger partial charge is 0.508 e. The standard InChI is InChI=1S/C18H20O4/c1-4-21-18(20)13(3)22-17-7-5-6-16(12(17)2)14-8-10-15(19)11-9-14/h5-11,13,19H,4H2,1-3H3. The Balaban J connectivity index is 2.26. The predicted octanol–water partition coefficient (Wildman–Crippen LogP) is 3.70. The molecule has 0 amide bonds. The van der Waals surface area contributed by atoms with Crippen LogP contribution in [0, 0.1) is 6.92 Å². The second-order valence-corrected chi connectivity index (χ2v) is 4.99. The number of ether oxygens (including phenoxy) is 2. The fraction of sp³-hybridized carbons (Fsp3) is 0.278. The van der Waals surface area contributed by atoms with E-state index < -0.39 is 6.10 Å². The van der Waals surface area contributed by atoms with Crippen molar-refractivity contribution in [1.29, 1.82) is 0 Å². The molecule has 1 unspecified atom stereocenters. The second kappa shape index (κ2) is 6.98. The highest BCUT2D eigenvalue weighted by atomic mass is 16.6. The summed E-state index contributed by atoms with van der Waals surface area (Å²) in [5.41, 5.74) is 2.91. The van der Waals surface area contributed by atoms with Crippen LogP contribution in [0.4, 0.5) is 0 Å². The van der Waals surface area contributed by atoms with Gasteiger partial charge in [-0.3, -0.25) is 0 Å². The first-order chi connectivity index (χ1) is 10.5. The molecule has 0 aromatic heterocycles. The van der Waals surface area contributed by atoms with Gasteiger partial charge in [-0.25, -0.2) is 4.79 Å². The van der Waals surface area contributed by atoms with Crippen LogP contribution in [0.15, 0.2) is 42.5 Å². The van der Waals surface area contributed by atoms with Crippen LogP contribution in [0.5, 0.6) is 11.5 Å². The second-order valence-electron chi connectivity index (χ2n) is 4.99. The van der Waals surface area contributed by atoms with Crippen molar-refractivity contribution in [3.8, 4) is 22.6 Å². The highest BCUT2D eigenvalue weighted by Crippen LogP contribution is 2.31. The lowest BCUT2D eigenvalue weighted by Gasteiger charge is -2.17. The molecule has 0 bridgehead atoms. The topological polar surface area (TPSA) is 55.8 Å². The normalized spacial score (nSPS) is 11.8. The number of carbonyl (C=O) groups is 1. The summed E-state index contributed by atoms with van der Waals surface area (Å²) in [5, 5.41) is 9.38. The molecule has 4 heteroatoms. The predicted molar refractivity (Wildman–Crippen MR) is 85.0 cm³/mol. The Morgan fingerprint density at radius 3 is 2.50 bits per heavy atom. The van der Waals surface area contributed by atoms with Crippen LogP contribution in [-0.4, -0.2) is 23.8 Å². The first-order valence-electron chi connectivity index (χ1n) is 7.25. The van der Waals surface area contributed by atoms with Gasteiger partial charge in [0.15, 0.2) is 6.10 Å². The summed E-state index contributed by atoms with van der Waals surface area (Å²) in [6, 6.07) is 12.7. The van der Waals surface area contributed by atoms with Crippen molar-refractivity contribution in [1.82, 2.24) is 0 Å². The molecule has 2 aromatic rings. The van der Waals surface area contributed by atoms with Crippen LogP contribution in [-0.2, 0) is 9.53 Å². The number of aromatic hydroxyl groups is 1. The number of esters is 1. The minimum Gasteiger partial charge on any atom is -0.508 e. The molecule has 0 spiro atoms. The Morgan fingerprint density at radius 2 is 1.86 bits per heavy atom.